The maximum Gasteiger partial charge on any atom is 0.290 e. The van der Waals surface area contributed by atoms with Gasteiger partial charge in [0.15, 0.2) is 0 Å². The summed E-state index contributed by atoms with van der Waals surface area (Å²) < 4.78 is 20.9. The molecule has 0 saturated carbocycles. The maximum absolute atomic E-state index is 9.56. The van der Waals surface area contributed by atoms with Crippen molar-refractivity contribution in [3.63, 3.8) is 0 Å². The van der Waals surface area contributed by atoms with Gasteiger partial charge in [-0.3, -0.25) is 0 Å². The van der Waals surface area contributed by atoms with E-state index in [0.717, 1.165) is 0 Å². The zero-order valence-electron chi connectivity index (χ0n) is 3.22. The minimum atomic E-state index is -3.66. The van der Waals surface area contributed by atoms with E-state index in [1.165, 1.54) is 7.05 Å². The third kappa shape index (κ3) is 3.87. The van der Waals surface area contributed by atoms with Gasteiger partial charge in [-0.05, 0) is 0 Å². The highest BCUT2D eigenvalue weighted by molar-refractivity contribution is 7.86. The highest BCUT2D eigenvalue weighted by Gasteiger charge is 1.90. The first kappa shape index (κ1) is 5.87. The topological polar surface area (TPSA) is 70.0 Å². The van der Waals surface area contributed by atoms with E-state index in [-0.39, 0.29) is 0 Å². The highest BCUT2D eigenvalue weighted by atomic mass is 32.2. The normalized spacial score (nSPS) is 11.7. The molecular formula is CH5N2O2S. The van der Waals surface area contributed by atoms with Crippen LogP contribution in [-0.2, 0) is 10.2 Å². The van der Waals surface area contributed by atoms with Crippen molar-refractivity contribution < 1.29 is 8.42 Å². The van der Waals surface area contributed by atoms with Gasteiger partial charge in [0, 0.05) is 7.05 Å². The Kier molecular flexibility index (Phi) is 1.51. The van der Waals surface area contributed by atoms with Gasteiger partial charge in [-0.2, -0.15) is 8.42 Å². The summed E-state index contributed by atoms with van der Waals surface area (Å²) in [4.78, 5) is 0. The van der Waals surface area contributed by atoms with Crippen LogP contribution >= 0.6 is 0 Å². The zero-order valence-corrected chi connectivity index (χ0v) is 4.04. The Balaban J connectivity index is 3.85. The van der Waals surface area contributed by atoms with Gasteiger partial charge in [0.05, 0.1) is 0 Å². The van der Waals surface area contributed by atoms with Crippen LogP contribution in [0.5, 0.6) is 0 Å². The Hall–Kier alpha value is -0.130. The molecule has 0 aliphatic rings. The lowest BCUT2D eigenvalue weighted by Crippen LogP contribution is -2.18. The van der Waals surface area contributed by atoms with E-state index in [9.17, 15) is 8.42 Å². The summed E-state index contributed by atoms with van der Waals surface area (Å²) in [5.41, 5.74) is 0. The molecule has 0 aliphatic heterocycles. The Morgan fingerprint density at radius 3 is 1.83 bits per heavy atom. The minimum absolute atomic E-state index is 1.18. The third-order valence-corrected chi connectivity index (χ3v) is 0.806. The third-order valence-electron chi connectivity index (χ3n) is 0.269. The van der Waals surface area contributed by atoms with Crippen molar-refractivity contribution in [2.45, 2.75) is 0 Å². The summed E-state index contributed by atoms with van der Waals surface area (Å²) in [5.74, 6) is 0. The molecule has 0 bridgehead atoms. The van der Waals surface area contributed by atoms with Gasteiger partial charge in [-0.1, -0.05) is 0 Å². The van der Waals surface area contributed by atoms with Crippen molar-refractivity contribution in [2.24, 2.45) is 0 Å². The van der Waals surface area contributed by atoms with Crippen LogP contribution in [0.25, 0.3) is 0 Å². The van der Waals surface area contributed by atoms with Crippen molar-refractivity contribution in [3.8, 4) is 0 Å². The van der Waals surface area contributed by atoms with Crippen LogP contribution in [0.4, 0.5) is 0 Å². The second kappa shape index (κ2) is 1.55. The van der Waals surface area contributed by atoms with Crippen LogP contribution in [0, 0.1) is 0 Å². The molecule has 37 valence electrons. The molecule has 1 radical (unpaired) electrons. The molecule has 2 N–H and O–H groups in total. The van der Waals surface area contributed by atoms with Crippen molar-refractivity contribution in [1.82, 2.24) is 9.86 Å². The lowest BCUT2D eigenvalue weighted by molar-refractivity contribution is 0.588. The second-order valence-electron chi connectivity index (χ2n) is 0.708. The van der Waals surface area contributed by atoms with E-state index in [4.69, 9.17) is 5.14 Å². The summed E-state index contributed by atoms with van der Waals surface area (Å²) in [6.07, 6.45) is 0. The maximum atomic E-state index is 9.56. The molecule has 0 aliphatic carbocycles. The van der Waals surface area contributed by atoms with Crippen LogP contribution in [0.1, 0.15) is 0 Å². The van der Waals surface area contributed by atoms with E-state index in [0.29, 0.717) is 0 Å². The second-order valence-corrected chi connectivity index (χ2v) is 2.12. The quantitative estimate of drug-likeness (QED) is 0.456. The molecular weight excluding hydrogens is 104 g/mol. The molecule has 0 amide bonds. The highest BCUT2D eigenvalue weighted by Crippen LogP contribution is 1.58. The van der Waals surface area contributed by atoms with Crippen molar-refractivity contribution in [3.05, 3.63) is 0 Å². The molecule has 0 unspecified atom stereocenters. The smallest absolute Gasteiger partial charge is 0.204 e. The van der Waals surface area contributed by atoms with Crippen LogP contribution in [-0.4, -0.2) is 15.5 Å². The largest absolute Gasteiger partial charge is 0.290 e. The molecule has 0 rings (SSSR count). The van der Waals surface area contributed by atoms with E-state index in [2.05, 4.69) is 0 Å². The van der Waals surface area contributed by atoms with Crippen molar-refractivity contribution in [2.75, 3.05) is 7.05 Å². The van der Waals surface area contributed by atoms with Crippen molar-refractivity contribution >= 4 is 10.2 Å². The standard InChI is InChI=1S/CH5N2O2S/c1-3-6(2,4)5/h2-3H,1H3. The van der Waals surface area contributed by atoms with Crippen LogP contribution in [0.3, 0.4) is 0 Å². The van der Waals surface area contributed by atoms with Gasteiger partial charge in [0.1, 0.15) is 0 Å². The first-order valence-electron chi connectivity index (χ1n) is 1.24. The van der Waals surface area contributed by atoms with Gasteiger partial charge in [-0.25, -0.2) is 4.72 Å². The predicted molar refractivity (Wildman–Crippen MR) is 21.1 cm³/mol. The lowest BCUT2D eigenvalue weighted by atomic mass is 11.6. The Morgan fingerprint density at radius 2 is 1.83 bits per heavy atom. The molecule has 0 fully saturated rings. The van der Waals surface area contributed by atoms with E-state index in [1.54, 1.807) is 4.72 Å². The molecule has 6 heavy (non-hydrogen) atoms. The number of rotatable bonds is 1. The number of nitrogens with one attached hydrogen (secondary N) is 2. The summed E-state index contributed by atoms with van der Waals surface area (Å²) >= 11 is 0. The molecule has 5 heteroatoms. The van der Waals surface area contributed by atoms with Crippen molar-refractivity contribution in [1.29, 1.82) is 0 Å². The Morgan fingerprint density at radius 1 is 1.67 bits per heavy atom. The number of hydrogen-bond acceptors (Lipinski definition) is 2. The summed E-state index contributed by atoms with van der Waals surface area (Å²) in [6.45, 7) is 0. The summed E-state index contributed by atoms with van der Waals surface area (Å²) in [6, 6.07) is 0. The molecule has 0 aromatic heterocycles. The minimum Gasteiger partial charge on any atom is -0.204 e. The lowest BCUT2D eigenvalue weighted by Gasteiger charge is -1.83. The Bertz CT molecular complexity index is 114. The SMILES string of the molecule is CNS([NH])(=O)=O. The van der Waals surface area contributed by atoms with Crippen LogP contribution in [0.15, 0.2) is 0 Å². The fourth-order valence-corrected chi connectivity index (χ4v) is 0. The van der Waals surface area contributed by atoms with E-state index < -0.39 is 10.2 Å². The van der Waals surface area contributed by atoms with Gasteiger partial charge >= 0.3 is 0 Å². The first-order chi connectivity index (χ1) is 2.56. The number of hydrogen-bond donors (Lipinski definition) is 1. The van der Waals surface area contributed by atoms with Crippen LogP contribution < -0.4 is 9.86 Å². The summed E-state index contributed by atoms with van der Waals surface area (Å²) in [5, 5.41) is 6.04. The molecule has 0 aromatic rings. The fourth-order valence-electron chi connectivity index (χ4n) is 0. The average molecular weight is 109 g/mol. The molecule has 0 atom stereocenters. The first-order valence-corrected chi connectivity index (χ1v) is 2.72. The molecule has 0 saturated heterocycles. The van der Waals surface area contributed by atoms with Crippen LogP contribution in [0.2, 0.25) is 0 Å². The Labute approximate surface area is 36.5 Å². The monoisotopic (exact) mass is 109 g/mol. The van der Waals surface area contributed by atoms with Gasteiger partial charge < -0.3 is 0 Å². The van der Waals surface area contributed by atoms with Gasteiger partial charge in [0.25, 0.3) is 10.2 Å². The predicted octanol–water partition coefficient (Wildman–Crippen LogP) is -1.27. The van der Waals surface area contributed by atoms with Gasteiger partial charge in [0.2, 0.25) is 0 Å². The van der Waals surface area contributed by atoms with Gasteiger partial charge in [-0.15, -0.1) is 5.14 Å². The summed E-state index contributed by atoms with van der Waals surface area (Å²) in [7, 11) is -2.48. The molecule has 0 heterocycles. The fraction of sp³-hybridized carbons (Fsp3) is 1.00. The van der Waals surface area contributed by atoms with E-state index in [1.807, 2.05) is 0 Å². The zero-order chi connectivity index (χ0) is 5.21. The van der Waals surface area contributed by atoms with E-state index >= 15 is 0 Å². The molecule has 0 spiro atoms. The molecule has 4 nitrogen and oxygen atoms in total. The average Bonchev–Trinajstić information content (AvgIpc) is 1.35. The molecule has 0 aromatic carbocycles.